The van der Waals surface area contributed by atoms with E-state index in [1.54, 1.807) is 4.72 Å². The Morgan fingerprint density at radius 2 is 1.72 bits per heavy atom. The summed E-state index contributed by atoms with van der Waals surface area (Å²) in [6, 6.07) is 4.85. The largest absolute Gasteiger partial charge is 0.493 e. The van der Waals surface area contributed by atoms with E-state index in [0.717, 1.165) is 56.9 Å². The van der Waals surface area contributed by atoms with Gasteiger partial charge in [0.25, 0.3) is 5.91 Å². The number of piperidine rings is 1. The number of carbonyl (C=O) groups excluding carboxylic acids is 1. The van der Waals surface area contributed by atoms with Crippen LogP contribution < -0.4 is 9.46 Å². The third-order valence-corrected chi connectivity index (χ3v) is 7.98. The fourth-order valence-electron chi connectivity index (χ4n) is 5.00. The van der Waals surface area contributed by atoms with Crippen LogP contribution in [0.4, 0.5) is 17.6 Å². The number of ether oxygens (including phenoxy) is 1. The van der Waals surface area contributed by atoms with E-state index in [2.05, 4.69) is 9.88 Å². The first-order valence-corrected chi connectivity index (χ1v) is 15.0. The van der Waals surface area contributed by atoms with E-state index < -0.39 is 33.5 Å². The molecule has 0 bridgehead atoms. The number of alkyl halides is 3. The number of hydrogen-bond acceptors (Lipinski definition) is 6. The minimum absolute atomic E-state index is 0.127. The van der Waals surface area contributed by atoms with Crippen LogP contribution in [0, 0.1) is 11.7 Å². The lowest BCUT2D eigenvalue weighted by Gasteiger charge is -2.32. The highest BCUT2D eigenvalue weighted by molar-refractivity contribution is 7.89. The summed E-state index contributed by atoms with van der Waals surface area (Å²) in [4.78, 5) is 18.9. The third kappa shape index (κ3) is 7.27. The summed E-state index contributed by atoms with van der Waals surface area (Å²) in [6.45, 7) is 2.05. The second-order valence-corrected chi connectivity index (χ2v) is 12.7. The first kappa shape index (κ1) is 27.8. The van der Waals surface area contributed by atoms with Crippen LogP contribution >= 0.6 is 0 Å². The Hall–Kier alpha value is -2.73. The molecule has 1 aliphatic heterocycles. The number of likely N-dealkylation sites (tertiary alicyclic amines) is 1. The number of amides is 1. The number of pyridine rings is 1. The van der Waals surface area contributed by atoms with E-state index in [4.69, 9.17) is 4.74 Å². The Kier molecular flexibility index (Phi) is 7.62. The summed E-state index contributed by atoms with van der Waals surface area (Å²) in [5, 5.41) is 0. The molecule has 2 heterocycles. The number of nitrogens with one attached hydrogen (secondary N) is 1. The van der Waals surface area contributed by atoms with Gasteiger partial charge in [0, 0.05) is 24.2 Å². The van der Waals surface area contributed by atoms with Gasteiger partial charge in [0.2, 0.25) is 10.0 Å². The van der Waals surface area contributed by atoms with Crippen molar-refractivity contribution >= 4 is 15.9 Å². The van der Waals surface area contributed by atoms with Gasteiger partial charge in [0.05, 0.1) is 29.7 Å². The summed E-state index contributed by atoms with van der Waals surface area (Å²) in [6.07, 6.45) is 1.47. The maximum absolute atomic E-state index is 14.7. The zero-order valence-corrected chi connectivity index (χ0v) is 22.4. The zero-order valence-electron chi connectivity index (χ0n) is 21.6. The van der Waals surface area contributed by atoms with Crippen LogP contribution in [0.2, 0.25) is 0 Å². The molecule has 12 heteroatoms. The van der Waals surface area contributed by atoms with Gasteiger partial charge in [-0.1, -0.05) is 0 Å². The van der Waals surface area contributed by atoms with E-state index in [0.29, 0.717) is 48.9 Å². The van der Waals surface area contributed by atoms with E-state index in [-0.39, 0.29) is 23.3 Å². The molecule has 3 aliphatic rings. The molecule has 3 fully saturated rings. The molecule has 1 saturated heterocycles. The molecule has 1 aromatic heterocycles. The molecule has 7 nitrogen and oxygen atoms in total. The van der Waals surface area contributed by atoms with Gasteiger partial charge < -0.3 is 4.74 Å². The Bertz CT molecular complexity index is 1350. The van der Waals surface area contributed by atoms with Crippen molar-refractivity contribution < 1.29 is 35.5 Å². The van der Waals surface area contributed by atoms with Crippen molar-refractivity contribution in [1.82, 2.24) is 14.6 Å². The minimum atomic E-state index is -4.40. The lowest BCUT2D eigenvalue weighted by molar-refractivity contribution is -0.137. The van der Waals surface area contributed by atoms with Gasteiger partial charge in [0.15, 0.2) is 0 Å². The fraction of sp³-hybridized carbons (Fsp3) is 0.556. The van der Waals surface area contributed by atoms with Gasteiger partial charge in [0.1, 0.15) is 11.6 Å². The second kappa shape index (κ2) is 10.7. The SMILES string of the molecule is CS(=O)(=O)NC(=O)c1cc(C2CC2)c(OCC2CCN(Cc3cc(C(F)(F)F)cc(C4CC4)n3)CC2)cc1F. The molecule has 1 aromatic carbocycles. The van der Waals surface area contributed by atoms with Crippen LogP contribution in [0.1, 0.15) is 83.2 Å². The lowest BCUT2D eigenvalue weighted by Crippen LogP contribution is -2.35. The minimum Gasteiger partial charge on any atom is -0.493 e. The number of halogens is 4. The number of sulfonamides is 1. The van der Waals surface area contributed by atoms with Gasteiger partial charge in [-0.25, -0.2) is 17.5 Å². The zero-order chi connectivity index (χ0) is 27.9. The van der Waals surface area contributed by atoms with Crippen molar-refractivity contribution in [2.75, 3.05) is 26.0 Å². The molecule has 0 unspecified atom stereocenters. The lowest BCUT2D eigenvalue weighted by atomic mass is 9.97. The maximum Gasteiger partial charge on any atom is 0.416 e. The number of nitrogens with zero attached hydrogens (tertiary/aromatic N) is 2. The first-order chi connectivity index (χ1) is 18.4. The van der Waals surface area contributed by atoms with Crippen LogP contribution in [0.15, 0.2) is 24.3 Å². The predicted molar refractivity (Wildman–Crippen MR) is 135 cm³/mol. The average molecular weight is 570 g/mol. The van der Waals surface area contributed by atoms with E-state index in [1.807, 2.05) is 0 Å². The highest BCUT2D eigenvalue weighted by Gasteiger charge is 2.35. The monoisotopic (exact) mass is 569 g/mol. The van der Waals surface area contributed by atoms with Crippen LogP contribution in [0.5, 0.6) is 5.75 Å². The average Bonchev–Trinajstić information content (AvgIpc) is 3.75. The summed E-state index contributed by atoms with van der Waals surface area (Å²) >= 11 is 0. The Labute approximate surface area is 225 Å². The van der Waals surface area contributed by atoms with Crippen LogP contribution in [-0.2, 0) is 22.7 Å². The van der Waals surface area contributed by atoms with Crippen LogP contribution in [-0.4, -0.2) is 50.2 Å². The third-order valence-electron chi connectivity index (χ3n) is 7.43. The maximum atomic E-state index is 14.7. The standard InChI is InChI=1S/C27H31F4N3O4S/c1-39(36,37)33-26(35)22-12-21(17-2-3-17)25(13-23(22)28)38-15-16-6-8-34(9-7-16)14-20-10-19(27(29,30)31)11-24(32-20)18-4-5-18/h10-13,16-18H,2-9,14-15H2,1H3,(H,33,35). The summed E-state index contributed by atoms with van der Waals surface area (Å²) in [5.41, 5.74) is 0.675. The van der Waals surface area contributed by atoms with Gasteiger partial charge in [-0.2, -0.15) is 13.2 Å². The highest BCUT2D eigenvalue weighted by atomic mass is 32.2. The van der Waals surface area contributed by atoms with Crippen molar-refractivity contribution in [3.63, 3.8) is 0 Å². The van der Waals surface area contributed by atoms with Crippen LogP contribution in [0.25, 0.3) is 0 Å². The molecule has 1 amide bonds. The van der Waals surface area contributed by atoms with Gasteiger partial charge in [-0.3, -0.25) is 14.7 Å². The molecule has 0 radical (unpaired) electrons. The van der Waals surface area contributed by atoms with Gasteiger partial charge >= 0.3 is 6.18 Å². The van der Waals surface area contributed by atoms with Crippen molar-refractivity contribution in [2.45, 2.75) is 63.1 Å². The molecular formula is C27H31F4N3O4S. The number of rotatable bonds is 9. The molecule has 1 N–H and O–H groups in total. The quantitative estimate of drug-likeness (QED) is 0.429. The summed E-state index contributed by atoms with van der Waals surface area (Å²) < 4.78 is 85.5. The van der Waals surface area contributed by atoms with Crippen molar-refractivity contribution in [1.29, 1.82) is 0 Å². The smallest absolute Gasteiger partial charge is 0.416 e. The Morgan fingerprint density at radius 1 is 1.05 bits per heavy atom. The number of aromatic nitrogens is 1. The molecule has 0 spiro atoms. The Morgan fingerprint density at radius 3 is 2.31 bits per heavy atom. The number of benzene rings is 1. The van der Waals surface area contributed by atoms with Gasteiger partial charge in [-0.15, -0.1) is 0 Å². The molecule has 212 valence electrons. The highest BCUT2D eigenvalue weighted by Crippen LogP contribution is 2.45. The van der Waals surface area contributed by atoms with E-state index >= 15 is 0 Å². The van der Waals surface area contributed by atoms with Crippen molar-refractivity contribution in [3.05, 3.63) is 58.2 Å². The topological polar surface area (TPSA) is 88.6 Å². The number of carbonyl (C=O) groups is 1. The Balaban J connectivity index is 1.19. The predicted octanol–water partition coefficient (Wildman–Crippen LogP) is 4.97. The molecule has 2 aromatic rings. The molecule has 0 atom stereocenters. The second-order valence-electron chi connectivity index (χ2n) is 10.9. The summed E-state index contributed by atoms with van der Waals surface area (Å²) in [7, 11) is -3.83. The molecule has 39 heavy (non-hydrogen) atoms. The fourth-order valence-corrected chi connectivity index (χ4v) is 5.45. The molecule has 5 rings (SSSR count). The normalized spacial score (nSPS) is 19.2. The summed E-state index contributed by atoms with van der Waals surface area (Å²) in [5.74, 6) is -1.08. The van der Waals surface area contributed by atoms with Crippen molar-refractivity contribution in [2.24, 2.45) is 5.92 Å². The van der Waals surface area contributed by atoms with Gasteiger partial charge in [-0.05, 0) is 87.2 Å². The molecule has 2 aliphatic carbocycles. The van der Waals surface area contributed by atoms with E-state index in [9.17, 15) is 30.8 Å². The molecule has 2 saturated carbocycles. The van der Waals surface area contributed by atoms with E-state index in [1.165, 1.54) is 12.1 Å². The van der Waals surface area contributed by atoms with Crippen LogP contribution in [0.3, 0.4) is 0 Å². The first-order valence-electron chi connectivity index (χ1n) is 13.1. The number of hydrogen-bond donors (Lipinski definition) is 1. The molecular weight excluding hydrogens is 538 g/mol. The van der Waals surface area contributed by atoms with Crippen molar-refractivity contribution in [3.8, 4) is 5.75 Å².